The van der Waals surface area contributed by atoms with Crippen LogP contribution in [0.5, 0.6) is 0 Å². The van der Waals surface area contributed by atoms with E-state index in [1.54, 1.807) is 35.2 Å². The molecular formula is C20H22N2O3. The number of rotatable bonds is 3. The molecule has 3 rings (SSSR count). The van der Waals surface area contributed by atoms with Gasteiger partial charge in [-0.15, -0.1) is 0 Å². The highest BCUT2D eigenvalue weighted by molar-refractivity contribution is 6.04. The molecule has 0 saturated carbocycles. The zero-order valence-corrected chi connectivity index (χ0v) is 14.5. The zero-order chi connectivity index (χ0) is 17.8. The summed E-state index contributed by atoms with van der Waals surface area (Å²) >= 11 is 0. The van der Waals surface area contributed by atoms with Crippen LogP contribution in [0.2, 0.25) is 0 Å². The Balaban J connectivity index is 1.65. The molecule has 1 aliphatic rings. The molecule has 5 heteroatoms. The molecule has 1 unspecified atom stereocenters. The van der Waals surface area contributed by atoms with Gasteiger partial charge in [-0.3, -0.25) is 9.59 Å². The topological polar surface area (TPSA) is 58.6 Å². The van der Waals surface area contributed by atoms with Gasteiger partial charge in [-0.1, -0.05) is 17.7 Å². The Bertz CT molecular complexity index is 771. The highest BCUT2D eigenvalue weighted by atomic mass is 16.5. The van der Waals surface area contributed by atoms with Crippen LogP contribution in [0.4, 0.5) is 5.69 Å². The number of hydrogen-bond donors (Lipinski definition) is 1. The summed E-state index contributed by atoms with van der Waals surface area (Å²) in [6.45, 7) is 5.68. The van der Waals surface area contributed by atoms with Crippen molar-refractivity contribution in [2.45, 2.75) is 20.0 Å². The third-order valence-corrected chi connectivity index (χ3v) is 4.20. The van der Waals surface area contributed by atoms with Gasteiger partial charge in [0.1, 0.15) is 0 Å². The van der Waals surface area contributed by atoms with Crippen molar-refractivity contribution in [1.82, 2.24) is 4.90 Å². The molecule has 2 amide bonds. The number of aryl methyl sites for hydroxylation is 1. The van der Waals surface area contributed by atoms with E-state index in [2.05, 4.69) is 5.32 Å². The van der Waals surface area contributed by atoms with Crippen LogP contribution < -0.4 is 5.32 Å². The molecule has 0 spiro atoms. The van der Waals surface area contributed by atoms with E-state index < -0.39 is 0 Å². The summed E-state index contributed by atoms with van der Waals surface area (Å²) in [6, 6.07) is 14.4. The van der Waals surface area contributed by atoms with Crippen LogP contribution in [0.1, 0.15) is 33.2 Å². The Morgan fingerprint density at radius 2 is 1.88 bits per heavy atom. The van der Waals surface area contributed by atoms with Gasteiger partial charge in [0.25, 0.3) is 11.8 Å². The lowest BCUT2D eigenvalue weighted by atomic mass is 10.1. The van der Waals surface area contributed by atoms with Crippen LogP contribution in [0.3, 0.4) is 0 Å². The van der Waals surface area contributed by atoms with Crippen molar-refractivity contribution < 1.29 is 14.3 Å². The van der Waals surface area contributed by atoms with E-state index in [9.17, 15) is 9.59 Å². The predicted octanol–water partition coefficient (Wildman–Crippen LogP) is 3.11. The van der Waals surface area contributed by atoms with Gasteiger partial charge in [-0.05, 0) is 50.2 Å². The highest BCUT2D eigenvalue weighted by Gasteiger charge is 2.22. The van der Waals surface area contributed by atoms with Crippen molar-refractivity contribution in [2.75, 3.05) is 25.0 Å². The Labute approximate surface area is 147 Å². The quantitative estimate of drug-likeness (QED) is 0.935. The minimum Gasteiger partial charge on any atom is -0.375 e. The van der Waals surface area contributed by atoms with Crippen molar-refractivity contribution in [3.05, 3.63) is 65.2 Å². The lowest BCUT2D eigenvalue weighted by Gasteiger charge is -2.31. The van der Waals surface area contributed by atoms with Crippen LogP contribution in [0, 0.1) is 6.92 Å². The van der Waals surface area contributed by atoms with E-state index in [-0.39, 0.29) is 17.9 Å². The number of benzene rings is 2. The van der Waals surface area contributed by atoms with Gasteiger partial charge in [0.2, 0.25) is 0 Å². The number of hydrogen-bond acceptors (Lipinski definition) is 3. The van der Waals surface area contributed by atoms with Crippen LogP contribution >= 0.6 is 0 Å². The molecule has 5 nitrogen and oxygen atoms in total. The molecule has 25 heavy (non-hydrogen) atoms. The van der Waals surface area contributed by atoms with Crippen molar-refractivity contribution >= 4 is 17.5 Å². The molecule has 2 aromatic carbocycles. The first-order chi connectivity index (χ1) is 12.0. The molecular weight excluding hydrogens is 316 g/mol. The summed E-state index contributed by atoms with van der Waals surface area (Å²) in [4.78, 5) is 26.6. The Kier molecular flexibility index (Phi) is 5.14. The lowest BCUT2D eigenvalue weighted by molar-refractivity contribution is -0.0124. The smallest absolute Gasteiger partial charge is 0.255 e. The van der Waals surface area contributed by atoms with Gasteiger partial charge in [-0.25, -0.2) is 0 Å². The number of morpholine rings is 1. The van der Waals surface area contributed by atoms with Crippen molar-refractivity contribution in [3.8, 4) is 0 Å². The standard InChI is InChI=1S/C20H22N2O3/c1-14-4-3-5-17(12-14)19(23)21-18-8-6-16(7-9-18)20(24)22-10-11-25-15(2)13-22/h3-9,12,15H,10-11,13H2,1-2H3,(H,21,23). The van der Waals surface area contributed by atoms with Gasteiger partial charge in [0.05, 0.1) is 12.7 Å². The number of carbonyl (C=O) groups is 2. The number of amides is 2. The fraction of sp³-hybridized carbons (Fsp3) is 0.300. The summed E-state index contributed by atoms with van der Waals surface area (Å²) in [5, 5.41) is 2.85. The molecule has 1 aliphatic heterocycles. The minimum atomic E-state index is -0.162. The van der Waals surface area contributed by atoms with Crippen molar-refractivity contribution in [3.63, 3.8) is 0 Å². The molecule has 1 N–H and O–H groups in total. The first-order valence-electron chi connectivity index (χ1n) is 8.42. The fourth-order valence-electron chi connectivity index (χ4n) is 2.87. The maximum atomic E-state index is 12.5. The second kappa shape index (κ2) is 7.49. The summed E-state index contributed by atoms with van der Waals surface area (Å²) in [7, 11) is 0. The molecule has 2 aromatic rings. The molecule has 130 valence electrons. The van der Waals surface area contributed by atoms with E-state index in [0.29, 0.717) is 36.5 Å². The molecule has 0 aromatic heterocycles. The Morgan fingerprint density at radius 3 is 2.56 bits per heavy atom. The summed E-state index contributed by atoms with van der Waals surface area (Å²) < 4.78 is 5.47. The molecule has 0 radical (unpaired) electrons. The van der Waals surface area contributed by atoms with Gasteiger partial charge in [0.15, 0.2) is 0 Å². The SMILES string of the molecule is Cc1cccc(C(=O)Nc2ccc(C(=O)N3CCOC(C)C3)cc2)c1. The van der Waals surface area contributed by atoms with Crippen LogP contribution in [-0.2, 0) is 4.74 Å². The van der Waals surface area contributed by atoms with Gasteiger partial charge < -0.3 is 15.0 Å². The highest BCUT2D eigenvalue weighted by Crippen LogP contribution is 2.15. The van der Waals surface area contributed by atoms with Crippen LogP contribution in [0.25, 0.3) is 0 Å². The van der Waals surface area contributed by atoms with Gasteiger partial charge >= 0.3 is 0 Å². The maximum absolute atomic E-state index is 12.5. The molecule has 1 heterocycles. The zero-order valence-electron chi connectivity index (χ0n) is 14.5. The molecule has 0 aliphatic carbocycles. The van der Waals surface area contributed by atoms with Crippen LogP contribution in [0.15, 0.2) is 48.5 Å². The Morgan fingerprint density at radius 1 is 1.12 bits per heavy atom. The summed E-state index contributed by atoms with van der Waals surface area (Å²) in [5.41, 5.74) is 2.93. The number of nitrogens with zero attached hydrogens (tertiary/aromatic N) is 1. The van der Waals surface area contributed by atoms with E-state index >= 15 is 0 Å². The fourth-order valence-corrected chi connectivity index (χ4v) is 2.87. The minimum absolute atomic E-state index is 0.00768. The predicted molar refractivity (Wildman–Crippen MR) is 96.9 cm³/mol. The number of carbonyl (C=O) groups excluding carboxylic acids is 2. The number of nitrogens with one attached hydrogen (secondary N) is 1. The van der Waals surface area contributed by atoms with E-state index in [1.165, 1.54) is 0 Å². The first-order valence-corrected chi connectivity index (χ1v) is 8.42. The van der Waals surface area contributed by atoms with Crippen molar-refractivity contribution in [2.24, 2.45) is 0 Å². The molecule has 1 saturated heterocycles. The van der Waals surface area contributed by atoms with E-state index in [4.69, 9.17) is 4.74 Å². The summed E-state index contributed by atoms with van der Waals surface area (Å²) in [5.74, 6) is -0.170. The van der Waals surface area contributed by atoms with Gasteiger partial charge in [-0.2, -0.15) is 0 Å². The third-order valence-electron chi connectivity index (χ3n) is 4.20. The Hall–Kier alpha value is -2.66. The lowest BCUT2D eigenvalue weighted by Crippen LogP contribution is -2.44. The largest absolute Gasteiger partial charge is 0.375 e. The molecule has 1 fully saturated rings. The number of ether oxygens (including phenoxy) is 1. The normalized spacial score (nSPS) is 17.2. The third kappa shape index (κ3) is 4.25. The monoisotopic (exact) mass is 338 g/mol. The van der Waals surface area contributed by atoms with Crippen LogP contribution in [-0.4, -0.2) is 42.5 Å². The summed E-state index contributed by atoms with van der Waals surface area (Å²) in [6.07, 6.45) is 0.0607. The number of anilines is 1. The maximum Gasteiger partial charge on any atom is 0.255 e. The average molecular weight is 338 g/mol. The average Bonchev–Trinajstić information content (AvgIpc) is 2.62. The second-order valence-corrected chi connectivity index (χ2v) is 6.33. The first kappa shape index (κ1) is 17.2. The molecule has 0 bridgehead atoms. The van der Waals surface area contributed by atoms with E-state index in [1.807, 2.05) is 32.0 Å². The van der Waals surface area contributed by atoms with Gasteiger partial charge in [0, 0.05) is 29.9 Å². The van der Waals surface area contributed by atoms with E-state index in [0.717, 1.165) is 5.56 Å². The van der Waals surface area contributed by atoms with Crippen molar-refractivity contribution in [1.29, 1.82) is 0 Å². The second-order valence-electron chi connectivity index (χ2n) is 6.33. The molecule has 1 atom stereocenters.